The third-order valence-electron chi connectivity index (χ3n) is 3.08. The molecule has 1 N–H and O–H groups in total. The van der Waals surface area contributed by atoms with Crippen molar-refractivity contribution in [2.75, 3.05) is 20.2 Å². The van der Waals surface area contributed by atoms with Crippen LogP contribution in [0, 0.1) is 0 Å². The van der Waals surface area contributed by atoms with Gasteiger partial charge in [0, 0.05) is 6.61 Å². The summed E-state index contributed by atoms with van der Waals surface area (Å²) >= 11 is 0. The molecule has 15 heavy (non-hydrogen) atoms. The number of likely N-dealkylation sites (N-methyl/N-ethyl adjacent to an activating group) is 1. The van der Waals surface area contributed by atoms with Crippen LogP contribution in [0.2, 0.25) is 0 Å². The van der Waals surface area contributed by atoms with Crippen LogP contribution in [0.5, 0.6) is 0 Å². The average Bonchev–Trinajstić information content (AvgIpc) is 2.69. The monoisotopic (exact) mass is 215 g/mol. The van der Waals surface area contributed by atoms with E-state index in [4.69, 9.17) is 9.84 Å². The van der Waals surface area contributed by atoms with Crippen LogP contribution < -0.4 is 0 Å². The molecule has 0 aromatic heterocycles. The smallest absolute Gasteiger partial charge is 0.320 e. The van der Waals surface area contributed by atoms with Gasteiger partial charge < -0.3 is 9.84 Å². The molecule has 88 valence electrons. The van der Waals surface area contributed by atoms with E-state index in [1.54, 1.807) is 6.92 Å². The van der Waals surface area contributed by atoms with E-state index in [1.165, 1.54) is 6.42 Å². The van der Waals surface area contributed by atoms with Gasteiger partial charge in [-0.05, 0) is 46.2 Å². The minimum atomic E-state index is -0.755. The second-order valence-corrected chi connectivity index (χ2v) is 4.27. The van der Waals surface area contributed by atoms with E-state index in [0.717, 1.165) is 32.4 Å². The van der Waals surface area contributed by atoms with E-state index < -0.39 is 12.0 Å². The molecule has 0 aromatic carbocycles. The molecular weight excluding hydrogens is 194 g/mol. The molecule has 0 aliphatic carbocycles. The molecule has 4 nitrogen and oxygen atoms in total. The molecule has 1 heterocycles. The van der Waals surface area contributed by atoms with Crippen molar-refractivity contribution in [1.29, 1.82) is 0 Å². The van der Waals surface area contributed by atoms with Crippen LogP contribution in [-0.4, -0.2) is 48.3 Å². The zero-order valence-electron chi connectivity index (χ0n) is 9.61. The fraction of sp³-hybridized carbons (Fsp3) is 0.909. The Labute approximate surface area is 91.2 Å². The summed E-state index contributed by atoms with van der Waals surface area (Å²) in [6.45, 7) is 3.44. The Kier molecular flexibility index (Phi) is 5.05. The van der Waals surface area contributed by atoms with Crippen molar-refractivity contribution in [3.05, 3.63) is 0 Å². The number of carboxylic acid groups (broad SMARTS) is 1. The van der Waals surface area contributed by atoms with Gasteiger partial charge in [-0.25, -0.2) is 0 Å². The predicted octanol–water partition coefficient (Wildman–Crippen LogP) is 1.35. The Morgan fingerprint density at radius 3 is 2.93 bits per heavy atom. The molecule has 0 aromatic rings. The SMILES string of the molecule is CC(C(=O)O)N(C)CCCC1CCCO1. The highest BCUT2D eigenvalue weighted by molar-refractivity contribution is 5.72. The van der Waals surface area contributed by atoms with Gasteiger partial charge in [0.05, 0.1) is 6.10 Å². The lowest BCUT2D eigenvalue weighted by atomic mass is 10.1. The van der Waals surface area contributed by atoms with Crippen LogP contribution in [0.25, 0.3) is 0 Å². The molecule has 2 unspecified atom stereocenters. The van der Waals surface area contributed by atoms with Crippen molar-refractivity contribution >= 4 is 5.97 Å². The molecule has 1 fully saturated rings. The van der Waals surface area contributed by atoms with Gasteiger partial charge >= 0.3 is 5.97 Å². The molecule has 0 bridgehead atoms. The van der Waals surface area contributed by atoms with Crippen LogP contribution in [0.15, 0.2) is 0 Å². The number of carboxylic acids is 1. The van der Waals surface area contributed by atoms with E-state index in [1.807, 2.05) is 11.9 Å². The first-order chi connectivity index (χ1) is 7.11. The van der Waals surface area contributed by atoms with E-state index in [-0.39, 0.29) is 0 Å². The number of carbonyl (C=O) groups is 1. The summed E-state index contributed by atoms with van der Waals surface area (Å²) < 4.78 is 5.51. The highest BCUT2D eigenvalue weighted by Crippen LogP contribution is 2.16. The number of hydrogen-bond acceptors (Lipinski definition) is 3. The van der Waals surface area contributed by atoms with Gasteiger partial charge in [-0.3, -0.25) is 9.69 Å². The first-order valence-corrected chi connectivity index (χ1v) is 5.66. The number of rotatable bonds is 6. The van der Waals surface area contributed by atoms with Crippen LogP contribution in [0.4, 0.5) is 0 Å². The molecule has 1 saturated heterocycles. The maximum absolute atomic E-state index is 10.7. The van der Waals surface area contributed by atoms with Crippen LogP contribution in [-0.2, 0) is 9.53 Å². The van der Waals surface area contributed by atoms with E-state index in [9.17, 15) is 4.79 Å². The van der Waals surface area contributed by atoms with Gasteiger partial charge in [0.15, 0.2) is 0 Å². The van der Waals surface area contributed by atoms with E-state index in [2.05, 4.69) is 0 Å². The summed E-state index contributed by atoms with van der Waals surface area (Å²) in [5.41, 5.74) is 0. The fourth-order valence-electron chi connectivity index (χ4n) is 1.82. The number of nitrogens with zero attached hydrogens (tertiary/aromatic N) is 1. The Morgan fingerprint density at radius 1 is 1.67 bits per heavy atom. The van der Waals surface area contributed by atoms with Crippen LogP contribution >= 0.6 is 0 Å². The molecule has 0 saturated carbocycles. The molecule has 0 spiro atoms. The summed E-state index contributed by atoms with van der Waals surface area (Å²) in [5.74, 6) is -0.755. The zero-order chi connectivity index (χ0) is 11.3. The van der Waals surface area contributed by atoms with Gasteiger partial charge in [0.2, 0.25) is 0 Å². The number of hydrogen-bond donors (Lipinski definition) is 1. The molecule has 4 heteroatoms. The lowest BCUT2D eigenvalue weighted by Gasteiger charge is -2.21. The Balaban J connectivity index is 2.10. The second kappa shape index (κ2) is 6.08. The van der Waals surface area contributed by atoms with Crippen LogP contribution in [0.3, 0.4) is 0 Å². The Morgan fingerprint density at radius 2 is 2.40 bits per heavy atom. The highest BCUT2D eigenvalue weighted by Gasteiger charge is 2.18. The van der Waals surface area contributed by atoms with Gasteiger partial charge in [-0.15, -0.1) is 0 Å². The quantitative estimate of drug-likeness (QED) is 0.726. The predicted molar refractivity (Wildman–Crippen MR) is 57.9 cm³/mol. The maximum Gasteiger partial charge on any atom is 0.320 e. The maximum atomic E-state index is 10.7. The third kappa shape index (κ3) is 4.18. The minimum Gasteiger partial charge on any atom is -0.480 e. The van der Waals surface area contributed by atoms with Crippen molar-refractivity contribution in [2.24, 2.45) is 0 Å². The summed E-state index contributed by atoms with van der Waals surface area (Å²) in [4.78, 5) is 12.6. The summed E-state index contributed by atoms with van der Waals surface area (Å²) in [7, 11) is 1.86. The van der Waals surface area contributed by atoms with E-state index >= 15 is 0 Å². The van der Waals surface area contributed by atoms with Gasteiger partial charge in [0.1, 0.15) is 6.04 Å². The fourth-order valence-corrected chi connectivity index (χ4v) is 1.82. The van der Waals surface area contributed by atoms with Gasteiger partial charge in [0.25, 0.3) is 0 Å². The third-order valence-corrected chi connectivity index (χ3v) is 3.08. The standard InChI is InChI=1S/C11H21NO3/c1-9(11(13)14)12(2)7-3-5-10-6-4-8-15-10/h9-10H,3-8H2,1-2H3,(H,13,14). The molecular formula is C11H21NO3. The number of aliphatic carboxylic acids is 1. The van der Waals surface area contributed by atoms with Crippen molar-refractivity contribution < 1.29 is 14.6 Å². The average molecular weight is 215 g/mol. The summed E-state index contributed by atoms with van der Waals surface area (Å²) in [6, 6.07) is -0.394. The summed E-state index contributed by atoms with van der Waals surface area (Å²) in [6.07, 6.45) is 4.82. The molecule has 0 radical (unpaired) electrons. The van der Waals surface area contributed by atoms with Crippen molar-refractivity contribution in [3.8, 4) is 0 Å². The largest absolute Gasteiger partial charge is 0.480 e. The van der Waals surface area contributed by atoms with Crippen LogP contribution in [0.1, 0.15) is 32.6 Å². The van der Waals surface area contributed by atoms with E-state index in [0.29, 0.717) is 6.10 Å². The first-order valence-electron chi connectivity index (χ1n) is 5.66. The highest BCUT2D eigenvalue weighted by atomic mass is 16.5. The normalized spacial score (nSPS) is 23.3. The van der Waals surface area contributed by atoms with Crippen molar-refractivity contribution in [3.63, 3.8) is 0 Å². The van der Waals surface area contributed by atoms with Crippen molar-refractivity contribution in [1.82, 2.24) is 4.90 Å². The minimum absolute atomic E-state index is 0.394. The molecule has 1 aliphatic rings. The topological polar surface area (TPSA) is 49.8 Å². The molecule has 0 amide bonds. The van der Waals surface area contributed by atoms with Crippen molar-refractivity contribution in [2.45, 2.75) is 44.8 Å². The lowest BCUT2D eigenvalue weighted by molar-refractivity contribution is -0.142. The molecule has 2 atom stereocenters. The Bertz CT molecular complexity index is 202. The van der Waals surface area contributed by atoms with Gasteiger partial charge in [-0.1, -0.05) is 0 Å². The first kappa shape index (κ1) is 12.5. The number of ether oxygens (including phenoxy) is 1. The Hall–Kier alpha value is -0.610. The zero-order valence-corrected chi connectivity index (χ0v) is 9.61. The molecule has 1 aliphatic heterocycles. The van der Waals surface area contributed by atoms with Gasteiger partial charge in [-0.2, -0.15) is 0 Å². The summed E-state index contributed by atoms with van der Waals surface area (Å²) in [5, 5.41) is 8.80. The molecule has 1 rings (SSSR count). The second-order valence-electron chi connectivity index (χ2n) is 4.27. The lowest BCUT2D eigenvalue weighted by Crippen LogP contribution is -2.36.